The van der Waals surface area contributed by atoms with Gasteiger partial charge in [0.25, 0.3) is 0 Å². The maximum absolute atomic E-state index is 4.33. The highest BCUT2D eigenvalue weighted by molar-refractivity contribution is 5.28. The molecule has 0 unspecified atom stereocenters. The van der Waals surface area contributed by atoms with E-state index in [1.165, 1.54) is 16.8 Å². The van der Waals surface area contributed by atoms with Crippen LogP contribution in [0.25, 0.3) is 0 Å². The molecule has 0 radical (unpaired) electrons. The van der Waals surface area contributed by atoms with Crippen LogP contribution in [0.2, 0.25) is 0 Å². The lowest BCUT2D eigenvalue weighted by molar-refractivity contribution is 0.949. The molecule has 0 aliphatic rings. The van der Waals surface area contributed by atoms with Gasteiger partial charge in [-0.05, 0) is 37.0 Å². The highest BCUT2D eigenvalue weighted by Crippen LogP contribution is 2.12. The zero-order valence-electron chi connectivity index (χ0n) is 7.52. The molecule has 0 N–H and O–H groups in total. The summed E-state index contributed by atoms with van der Waals surface area (Å²) in [7, 11) is 0. The van der Waals surface area contributed by atoms with Crippen molar-refractivity contribution in [2.45, 2.75) is 33.6 Å². The molecule has 0 atom stereocenters. The Morgan fingerprint density at radius 2 is 2.00 bits per heavy atom. The average molecular weight is 149 g/mol. The summed E-state index contributed by atoms with van der Waals surface area (Å²) in [5.41, 5.74) is 4.06. The Kier molecular flexibility index (Phi) is 2.64. The van der Waals surface area contributed by atoms with E-state index in [0.29, 0.717) is 0 Å². The van der Waals surface area contributed by atoms with Gasteiger partial charge < -0.3 is 0 Å². The van der Waals surface area contributed by atoms with Gasteiger partial charge in [0.05, 0.1) is 0 Å². The van der Waals surface area contributed by atoms with Gasteiger partial charge in [-0.1, -0.05) is 13.8 Å². The lowest BCUT2D eigenvalue weighted by Gasteiger charge is -2.06. The van der Waals surface area contributed by atoms with Crippen molar-refractivity contribution in [2.24, 2.45) is 0 Å². The quantitative estimate of drug-likeness (QED) is 0.629. The molecule has 0 amide bonds. The number of hydrogen-bond acceptors (Lipinski definition) is 1. The summed E-state index contributed by atoms with van der Waals surface area (Å²) < 4.78 is 0. The first kappa shape index (κ1) is 8.25. The molecule has 1 aromatic heterocycles. The smallest absolute Gasteiger partial charge is 0.0435 e. The fourth-order valence-corrected chi connectivity index (χ4v) is 1.43. The Balaban J connectivity index is 3.13. The minimum absolute atomic E-state index is 1.05. The van der Waals surface area contributed by atoms with Crippen molar-refractivity contribution >= 4 is 0 Å². The van der Waals surface area contributed by atoms with Crippen molar-refractivity contribution in [3.05, 3.63) is 29.1 Å². The second-order valence-electron chi connectivity index (χ2n) is 2.76. The van der Waals surface area contributed by atoms with E-state index in [0.717, 1.165) is 12.8 Å². The van der Waals surface area contributed by atoms with Gasteiger partial charge in [-0.25, -0.2) is 0 Å². The van der Waals surface area contributed by atoms with E-state index < -0.39 is 0 Å². The van der Waals surface area contributed by atoms with Crippen LogP contribution in [-0.4, -0.2) is 4.98 Å². The summed E-state index contributed by atoms with van der Waals surface area (Å²) in [5, 5.41) is 0. The van der Waals surface area contributed by atoms with E-state index in [9.17, 15) is 0 Å². The van der Waals surface area contributed by atoms with Crippen molar-refractivity contribution in [1.82, 2.24) is 4.98 Å². The largest absolute Gasteiger partial charge is 0.261 e. The van der Waals surface area contributed by atoms with Crippen molar-refractivity contribution < 1.29 is 0 Å². The van der Waals surface area contributed by atoms with Crippen molar-refractivity contribution in [3.8, 4) is 0 Å². The van der Waals surface area contributed by atoms with E-state index in [4.69, 9.17) is 0 Å². The van der Waals surface area contributed by atoms with Gasteiger partial charge in [-0.2, -0.15) is 0 Å². The van der Waals surface area contributed by atoms with Crippen LogP contribution in [0.4, 0.5) is 0 Å². The zero-order chi connectivity index (χ0) is 8.27. The molecule has 0 spiro atoms. The zero-order valence-corrected chi connectivity index (χ0v) is 7.52. The number of aromatic nitrogens is 1. The first-order valence-corrected chi connectivity index (χ1v) is 4.23. The molecule has 1 heterocycles. The van der Waals surface area contributed by atoms with Gasteiger partial charge in [0.15, 0.2) is 0 Å². The minimum Gasteiger partial charge on any atom is -0.261 e. The summed E-state index contributed by atoms with van der Waals surface area (Å²) in [6.45, 7) is 6.49. The topological polar surface area (TPSA) is 12.9 Å². The molecule has 0 aliphatic heterocycles. The molecular formula is C10H15N. The summed E-state index contributed by atoms with van der Waals surface area (Å²) in [5.74, 6) is 0. The third kappa shape index (κ3) is 1.59. The van der Waals surface area contributed by atoms with Crippen LogP contribution in [0.1, 0.15) is 30.7 Å². The molecule has 0 aromatic carbocycles. The summed E-state index contributed by atoms with van der Waals surface area (Å²) in [6.07, 6.45) is 4.04. The fourth-order valence-electron chi connectivity index (χ4n) is 1.43. The highest BCUT2D eigenvalue weighted by Gasteiger charge is 2.01. The molecule has 1 rings (SSSR count). The number of hydrogen-bond donors (Lipinski definition) is 0. The van der Waals surface area contributed by atoms with Crippen molar-refractivity contribution in [3.63, 3.8) is 0 Å². The third-order valence-electron chi connectivity index (χ3n) is 2.07. The van der Waals surface area contributed by atoms with Crippen LogP contribution in [-0.2, 0) is 12.8 Å². The van der Waals surface area contributed by atoms with Crippen LogP contribution in [0.5, 0.6) is 0 Å². The number of rotatable bonds is 2. The van der Waals surface area contributed by atoms with Crippen LogP contribution < -0.4 is 0 Å². The lowest BCUT2D eigenvalue weighted by atomic mass is 10.0. The maximum Gasteiger partial charge on any atom is 0.0435 e. The summed E-state index contributed by atoms with van der Waals surface area (Å²) in [6, 6.07) is 2.08. The lowest BCUT2D eigenvalue weighted by Crippen LogP contribution is -1.97. The fraction of sp³-hybridized carbons (Fsp3) is 0.500. The first-order valence-electron chi connectivity index (χ1n) is 4.23. The van der Waals surface area contributed by atoms with E-state index in [1.54, 1.807) is 0 Å². The second-order valence-corrected chi connectivity index (χ2v) is 2.76. The molecule has 0 aliphatic carbocycles. The first-order chi connectivity index (χ1) is 5.29. The minimum atomic E-state index is 1.05. The second kappa shape index (κ2) is 3.51. The molecule has 1 heteroatoms. The van der Waals surface area contributed by atoms with Crippen LogP contribution >= 0.6 is 0 Å². The van der Waals surface area contributed by atoms with Gasteiger partial charge in [-0.3, -0.25) is 4.98 Å². The van der Waals surface area contributed by atoms with E-state index in [-0.39, 0.29) is 0 Å². The monoisotopic (exact) mass is 149 g/mol. The Labute approximate surface area is 68.5 Å². The normalized spacial score (nSPS) is 10.1. The predicted octanol–water partition coefficient (Wildman–Crippen LogP) is 2.51. The Hall–Kier alpha value is -0.850. The SMILES string of the molecule is CCc1nccc(C)c1CC. The molecule has 1 nitrogen and oxygen atoms in total. The third-order valence-corrected chi connectivity index (χ3v) is 2.07. The van der Waals surface area contributed by atoms with Crippen LogP contribution in [0, 0.1) is 6.92 Å². The molecule has 60 valence electrons. The number of nitrogens with zero attached hydrogens (tertiary/aromatic N) is 1. The highest BCUT2D eigenvalue weighted by atomic mass is 14.7. The summed E-state index contributed by atoms with van der Waals surface area (Å²) in [4.78, 5) is 4.33. The maximum atomic E-state index is 4.33. The Morgan fingerprint density at radius 1 is 1.27 bits per heavy atom. The molecule has 1 aromatic rings. The van der Waals surface area contributed by atoms with Gasteiger partial charge in [0.1, 0.15) is 0 Å². The van der Waals surface area contributed by atoms with Crippen molar-refractivity contribution in [1.29, 1.82) is 0 Å². The molecule has 0 bridgehead atoms. The van der Waals surface area contributed by atoms with Crippen LogP contribution in [0.15, 0.2) is 12.3 Å². The predicted molar refractivity (Wildman–Crippen MR) is 47.7 cm³/mol. The molecule has 0 saturated heterocycles. The molecule has 0 saturated carbocycles. The molecular weight excluding hydrogens is 134 g/mol. The van der Waals surface area contributed by atoms with Gasteiger partial charge >= 0.3 is 0 Å². The molecule has 11 heavy (non-hydrogen) atoms. The Bertz CT molecular complexity index is 241. The van der Waals surface area contributed by atoms with E-state index >= 15 is 0 Å². The number of aryl methyl sites for hydroxylation is 2. The standard InChI is InChI=1S/C10H15N/c1-4-9-8(3)6-7-11-10(9)5-2/h6-7H,4-5H2,1-3H3. The van der Waals surface area contributed by atoms with Crippen LogP contribution in [0.3, 0.4) is 0 Å². The molecule has 0 fully saturated rings. The summed E-state index contributed by atoms with van der Waals surface area (Å²) >= 11 is 0. The van der Waals surface area contributed by atoms with Gasteiger partial charge in [0, 0.05) is 11.9 Å². The Morgan fingerprint density at radius 3 is 2.45 bits per heavy atom. The van der Waals surface area contributed by atoms with Gasteiger partial charge in [0.2, 0.25) is 0 Å². The van der Waals surface area contributed by atoms with E-state index in [1.807, 2.05) is 6.20 Å². The number of pyridine rings is 1. The van der Waals surface area contributed by atoms with Gasteiger partial charge in [-0.15, -0.1) is 0 Å². The van der Waals surface area contributed by atoms with E-state index in [2.05, 4.69) is 31.8 Å². The van der Waals surface area contributed by atoms with Crippen molar-refractivity contribution in [2.75, 3.05) is 0 Å². The average Bonchev–Trinajstić information content (AvgIpc) is 2.04.